The Balaban J connectivity index is 2.58. The van der Waals surface area contributed by atoms with Gasteiger partial charge in [-0.05, 0) is 29.5 Å². The van der Waals surface area contributed by atoms with E-state index >= 15 is 0 Å². The van der Waals surface area contributed by atoms with Crippen LogP contribution < -0.4 is 11.3 Å². The van der Waals surface area contributed by atoms with E-state index in [1.165, 1.54) is 10.8 Å². The Kier molecular flexibility index (Phi) is 2.88. The van der Waals surface area contributed by atoms with E-state index in [4.69, 9.17) is 22.4 Å². The first kappa shape index (κ1) is 11.3. The highest BCUT2D eigenvalue weighted by molar-refractivity contribution is 7.71. The summed E-state index contributed by atoms with van der Waals surface area (Å²) in [5.74, 6) is 0.516. The topological polar surface area (TPSA) is 106 Å². The maximum atomic E-state index is 11.3. The monoisotopic (exact) mass is 252 g/mol. The molecule has 0 aromatic carbocycles. The molecule has 0 aliphatic heterocycles. The number of aromatic nitrogens is 2. The lowest BCUT2D eigenvalue weighted by Crippen LogP contribution is -2.17. The van der Waals surface area contributed by atoms with Gasteiger partial charge >= 0.3 is 0 Å². The van der Waals surface area contributed by atoms with Crippen LogP contribution in [0.1, 0.15) is 5.76 Å². The zero-order valence-corrected chi connectivity index (χ0v) is 9.36. The lowest BCUT2D eigenvalue weighted by Gasteiger charge is -2.09. The molecule has 2 aromatic heterocycles. The molecule has 0 aliphatic rings. The number of nitrogens with one attached hydrogen (secondary N) is 1. The molecular weight excluding hydrogens is 244 g/mol. The number of nitrogens with zero attached hydrogens (tertiary/aromatic N) is 2. The first-order valence-corrected chi connectivity index (χ1v) is 5.02. The molecule has 0 saturated carbocycles. The van der Waals surface area contributed by atoms with Crippen molar-refractivity contribution in [3.63, 3.8) is 0 Å². The molecule has 2 aromatic rings. The largest absolute Gasteiger partial charge is 0.467 e. The van der Waals surface area contributed by atoms with Crippen LogP contribution in [0.25, 0.3) is 0 Å². The molecule has 0 radical (unpaired) electrons. The Hall–Kier alpha value is -2.22. The van der Waals surface area contributed by atoms with Crippen LogP contribution in [0.2, 0.25) is 0 Å². The van der Waals surface area contributed by atoms with Crippen molar-refractivity contribution in [2.75, 3.05) is 5.73 Å². The van der Waals surface area contributed by atoms with Gasteiger partial charge in [-0.15, -0.1) is 4.91 Å². The molecule has 0 fully saturated rings. The molecule has 0 spiro atoms. The second kappa shape index (κ2) is 4.34. The Morgan fingerprint density at radius 1 is 1.59 bits per heavy atom. The number of furan rings is 1. The number of nitrogen functional groups attached to an aromatic ring is 1. The standard InChI is InChI=1S/C9H8N4O3S/c10-7-6(12-15)8(14)11-9(17)13(7)4-5-2-1-3-16-5/h1-3H,4,10H2,(H,11,14,17). The first-order chi connectivity index (χ1) is 8.13. The smallest absolute Gasteiger partial charge is 0.283 e. The summed E-state index contributed by atoms with van der Waals surface area (Å²) in [7, 11) is 0. The summed E-state index contributed by atoms with van der Waals surface area (Å²) in [6.07, 6.45) is 1.50. The summed E-state index contributed by atoms with van der Waals surface area (Å²) in [5, 5.41) is 2.58. The lowest BCUT2D eigenvalue weighted by molar-refractivity contribution is 0.491. The lowest BCUT2D eigenvalue weighted by atomic mass is 10.4. The van der Waals surface area contributed by atoms with Crippen LogP contribution >= 0.6 is 12.2 Å². The molecule has 0 bridgehead atoms. The maximum Gasteiger partial charge on any atom is 0.283 e. The van der Waals surface area contributed by atoms with Crippen molar-refractivity contribution in [3.8, 4) is 0 Å². The van der Waals surface area contributed by atoms with Crippen LogP contribution in [-0.2, 0) is 6.54 Å². The van der Waals surface area contributed by atoms with Gasteiger partial charge < -0.3 is 10.2 Å². The van der Waals surface area contributed by atoms with Crippen molar-refractivity contribution in [1.82, 2.24) is 9.55 Å². The number of aromatic amines is 1. The number of H-pyrrole nitrogens is 1. The summed E-state index contributed by atoms with van der Waals surface area (Å²) >= 11 is 4.95. The zero-order valence-electron chi connectivity index (χ0n) is 8.54. The molecule has 7 nitrogen and oxygen atoms in total. The molecule has 3 N–H and O–H groups in total. The molecule has 88 valence electrons. The van der Waals surface area contributed by atoms with E-state index < -0.39 is 5.56 Å². The Morgan fingerprint density at radius 3 is 2.94 bits per heavy atom. The van der Waals surface area contributed by atoms with E-state index in [0.717, 1.165) is 0 Å². The molecule has 8 heteroatoms. The van der Waals surface area contributed by atoms with Gasteiger partial charge in [0.25, 0.3) is 5.56 Å². The number of nitroso groups, excluding NO2 is 1. The van der Waals surface area contributed by atoms with Gasteiger partial charge in [0.2, 0.25) is 5.69 Å². The first-order valence-electron chi connectivity index (χ1n) is 4.62. The van der Waals surface area contributed by atoms with Crippen molar-refractivity contribution in [3.05, 3.63) is 44.2 Å². The normalized spacial score (nSPS) is 10.4. The van der Waals surface area contributed by atoms with Gasteiger partial charge in [0.05, 0.1) is 12.8 Å². The average molecular weight is 252 g/mol. The number of rotatable bonds is 3. The Morgan fingerprint density at radius 2 is 2.35 bits per heavy atom. The van der Waals surface area contributed by atoms with Gasteiger partial charge in [-0.25, -0.2) is 0 Å². The van der Waals surface area contributed by atoms with Gasteiger partial charge in [-0.3, -0.25) is 14.3 Å². The predicted molar refractivity (Wildman–Crippen MR) is 63.6 cm³/mol. The third-order valence-electron chi connectivity index (χ3n) is 2.20. The number of anilines is 1. The summed E-state index contributed by atoms with van der Waals surface area (Å²) in [6, 6.07) is 3.43. The highest BCUT2D eigenvalue weighted by Crippen LogP contribution is 2.17. The SMILES string of the molecule is Nc1c(N=O)c(=O)[nH]c(=S)n1Cc1ccco1. The number of nitrogens with two attached hydrogens (primary N) is 1. The van der Waals surface area contributed by atoms with Crippen LogP contribution in [0.15, 0.2) is 32.8 Å². The summed E-state index contributed by atoms with van der Waals surface area (Å²) in [5.41, 5.74) is 4.57. The van der Waals surface area contributed by atoms with Crippen molar-refractivity contribution in [1.29, 1.82) is 0 Å². The van der Waals surface area contributed by atoms with E-state index in [-0.39, 0.29) is 22.8 Å². The van der Waals surface area contributed by atoms with E-state index in [9.17, 15) is 9.70 Å². The fourth-order valence-electron chi connectivity index (χ4n) is 1.38. The Labute approximate surface area is 99.9 Å². The zero-order chi connectivity index (χ0) is 12.4. The summed E-state index contributed by atoms with van der Waals surface area (Å²) < 4.78 is 6.60. The van der Waals surface area contributed by atoms with E-state index in [0.29, 0.717) is 5.76 Å². The number of hydrogen-bond acceptors (Lipinski definition) is 6. The van der Waals surface area contributed by atoms with Gasteiger partial charge in [-0.2, -0.15) is 0 Å². The minimum Gasteiger partial charge on any atom is -0.467 e. The van der Waals surface area contributed by atoms with E-state index in [2.05, 4.69) is 10.2 Å². The summed E-state index contributed by atoms with van der Waals surface area (Å²) in [6.45, 7) is 0.219. The van der Waals surface area contributed by atoms with Crippen LogP contribution in [0, 0.1) is 9.68 Å². The molecule has 2 rings (SSSR count). The third-order valence-corrected chi connectivity index (χ3v) is 2.52. The van der Waals surface area contributed by atoms with Crippen LogP contribution in [-0.4, -0.2) is 9.55 Å². The van der Waals surface area contributed by atoms with E-state index in [1.54, 1.807) is 12.1 Å². The van der Waals surface area contributed by atoms with Crippen molar-refractivity contribution < 1.29 is 4.42 Å². The van der Waals surface area contributed by atoms with Gasteiger partial charge in [0, 0.05) is 0 Å². The molecule has 17 heavy (non-hydrogen) atoms. The molecule has 2 heterocycles. The highest BCUT2D eigenvalue weighted by Gasteiger charge is 2.12. The second-order valence-electron chi connectivity index (χ2n) is 3.25. The Bertz CT molecular complexity index is 656. The molecular formula is C9H8N4O3S. The molecule has 0 amide bonds. The van der Waals surface area contributed by atoms with Crippen molar-refractivity contribution >= 4 is 23.7 Å². The van der Waals surface area contributed by atoms with Crippen LogP contribution in [0.5, 0.6) is 0 Å². The fraction of sp³-hybridized carbons (Fsp3) is 0.111. The predicted octanol–water partition coefficient (Wildman–Crippen LogP) is 1.53. The minimum absolute atomic E-state index is 0.0786. The van der Waals surface area contributed by atoms with Gasteiger partial charge in [0.1, 0.15) is 11.6 Å². The molecule has 0 atom stereocenters. The second-order valence-corrected chi connectivity index (χ2v) is 3.64. The van der Waals surface area contributed by atoms with Gasteiger partial charge in [0.15, 0.2) is 4.77 Å². The molecule has 0 unspecified atom stereocenters. The van der Waals surface area contributed by atoms with Crippen LogP contribution in [0.3, 0.4) is 0 Å². The molecule has 0 aliphatic carbocycles. The highest BCUT2D eigenvalue weighted by atomic mass is 32.1. The molecule has 0 saturated heterocycles. The number of hydrogen-bond donors (Lipinski definition) is 2. The average Bonchev–Trinajstić information content (AvgIpc) is 2.77. The van der Waals surface area contributed by atoms with Crippen LogP contribution in [0.4, 0.5) is 11.5 Å². The van der Waals surface area contributed by atoms with Crippen molar-refractivity contribution in [2.45, 2.75) is 6.54 Å². The minimum atomic E-state index is -0.696. The quantitative estimate of drug-likeness (QED) is 0.636. The van der Waals surface area contributed by atoms with Gasteiger partial charge in [-0.1, -0.05) is 0 Å². The van der Waals surface area contributed by atoms with E-state index in [1.807, 2.05) is 0 Å². The third kappa shape index (κ3) is 2.02. The van der Waals surface area contributed by atoms with Crippen molar-refractivity contribution in [2.24, 2.45) is 5.18 Å². The maximum absolute atomic E-state index is 11.3. The summed E-state index contributed by atoms with van der Waals surface area (Å²) in [4.78, 5) is 24.1. The fourth-order valence-corrected chi connectivity index (χ4v) is 1.64.